The molecule has 1 aliphatic heterocycles. The normalized spacial score (nSPS) is 19.4. The molecule has 2 nitrogen and oxygen atoms in total. The van der Waals surface area contributed by atoms with Crippen LogP contribution in [0.1, 0.15) is 6.42 Å². The molecule has 0 bridgehead atoms. The SMILES string of the molecule is [CH]1CCNC=CO1. The molecule has 0 aromatic rings. The van der Waals surface area contributed by atoms with Crippen LogP contribution in [-0.4, -0.2) is 6.54 Å². The summed E-state index contributed by atoms with van der Waals surface area (Å²) in [7, 11) is 0. The molecule has 0 aromatic carbocycles. The minimum atomic E-state index is 0.979. The summed E-state index contributed by atoms with van der Waals surface area (Å²) in [5, 5.41) is 3.01. The second-order valence-electron chi connectivity index (χ2n) is 1.35. The van der Waals surface area contributed by atoms with Gasteiger partial charge in [0.05, 0.1) is 6.26 Å². The van der Waals surface area contributed by atoms with E-state index >= 15 is 0 Å². The first-order valence-electron chi connectivity index (χ1n) is 2.36. The molecule has 39 valence electrons. The lowest BCUT2D eigenvalue weighted by atomic mass is 10.5. The molecule has 0 aromatic heterocycles. The van der Waals surface area contributed by atoms with E-state index in [2.05, 4.69) is 5.32 Å². The van der Waals surface area contributed by atoms with E-state index in [-0.39, 0.29) is 0 Å². The Labute approximate surface area is 43.2 Å². The van der Waals surface area contributed by atoms with Crippen LogP contribution in [0.3, 0.4) is 0 Å². The van der Waals surface area contributed by atoms with E-state index in [9.17, 15) is 0 Å². The van der Waals surface area contributed by atoms with Crippen molar-refractivity contribution in [1.29, 1.82) is 0 Å². The van der Waals surface area contributed by atoms with E-state index < -0.39 is 0 Å². The fraction of sp³-hybridized carbons (Fsp3) is 0.400. The van der Waals surface area contributed by atoms with Gasteiger partial charge in [-0.05, 0) is 0 Å². The first-order chi connectivity index (χ1) is 3.50. The van der Waals surface area contributed by atoms with Crippen LogP contribution in [0.5, 0.6) is 0 Å². The molecule has 0 fully saturated rings. The Hall–Kier alpha value is -0.660. The molecule has 1 radical (unpaired) electrons. The van der Waals surface area contributed by atoms with Gasteiger partial charge < -0.3 is 10.1 Å². The number of hydrogen-bond acceptors (Lipinski definition) is 2. The van der Waals surface area contributed by atoms with E-state index in [1.54, 1.807) is 19.1 Å². The smallest absolute Gasteiger partial charge is 0.136 e. The molecule has 0 aliphatic carbocycles. The van der Waals surface area contributed by atoms with Gasteiger partial charge in [0.2, 0.25) is 0 Å². The molecule has 1 aliphatic rings. The summed E-state index contributed by atoms with van der Waals surface area (Å²) in [6, 6.07) is 0. The van der Waals surface area contributed by atoms with Crippen LogP contribution in [0.25, 0.3) is 0 Å². The van der Waals surface area contributed by atoms with Gasteiger partial charge in [-0.1, -0.05) is 0 Å². The van der Waals surface area contributed by atoms with E-state index in [4.69, 9.17) is 4.74 Å². The van der Waals surface area contributed by atoms with Gasteiger partial charge in [-0.2, -0.15) is 0 Å². The van der Waals surface area contributed by atoms with Crippen LogP contribution in [0, 0.1) is 6.61 Å². The first kappa shape index (κ1) is 4.50. The number of nitrogens with one attached hydrogen (secondary N) is 1. The van der Waals surface area contributed by atoms with E-state index in [0.29, 0.717) is 0 Å². The van der Waals surface area contributed by atoms with Crippen molar-refractivity contribution in [3.8, 4) is 0 Å². The third-order valence-electron chi connectivity index (χ3n) is 0.767. The second-order valence-corrected chi connectivity index (χ2v) is 1.35. The molecule has 1 heterocycles. The van der Waals surface area contributed by atoms with Crippen molar-refractivity contribution in [2.24, 2.45) is 0 Å². The van der Waals surface area contributed by atoms with Gasteiger partial charge in [0.15, 0.2) is 0 Å². The maximum absolute atomic E-state index is 4.83. The zero-order valence-electron chi connectivity index (χ0n) is 4.05. The zero-order valence-corrected chi connectivity index (χ0v) is 4.05. The molecule has 0 unspecified atom stereocenters. The van der Waals surface area contributed by atoms with Crippen molar-refractivity contribution < 1.29 is 4.74 Å². The zero-order chi connectivity index (χ0) is 4.95. The molecule has 0 spiro atoms. The number of hydrogen-bond donors (Lipinski definition) is 1. The van der Waals surface area contributed by atoms with Crippen LogP contribution in [-0.2, 0) is 4.74 Å². The van der Waals surface area contributed by atoms with Gasteiger partial charge in [0, 0.05) is 19.2 Å². The maximum Gasteiger partial charge on any atom is 0.136 e. The van der Waals surface area contributed by atoms with E-state index in [1.165, 1.54) is 0 Å². The van der Waals surface area contributed by atoms with Crippen molar-refractivity contribution in [3.63, 3.8) is 0 Å². The lowest BCUT2D eigenvalue weighted by Crippen LogP contribution is -2.03. The van der Waals surface area contributed by atoms with Crippen molar-refractivity contribution in [2.75, 3.05) is 6.54 Å². The highest BCUT2D eigenvalue weighted by molar-refractivity contribution is 4.76. The quantitative estimate of drug-likeness (QED) is 0.479. The fourth-order valence-corrected chi connectivity index (χ4v) is 0.437. The Balaban J connectivity index is 2.20. The van der Waals surface area contributed by atoms with E-state index in [0.717, 1.165) is 13.0 Å². The average Bonchev–Trinajstić information content (AvgIpc) is 1.90. The van der Waals surface area contributed by atoms with Crippen LogP contribution in [0.4, 0.5) is 0 Å². The second kappa shape index (κ2) is 2.50. The maximum atomic E-state index is 4.83. The number of rotatable bonds is 0. The molecular formula is C5H8NO. The minimum absolute atomic E-state index is 0.979. The topological polar surface area (TPSA) is 21.3 Å². The van der Waals surface area contributed by atoms with Gasteiger partial charge in [0.1, 0.15) is 6.61 Å². The Morgan fingerprint density at radius 2 is 2.57 bits per heavy atom. The van der Waals surface area contributed by atoms with Crippen LogP contribution in [0.15, 0.2) is 12.5 Å². The minimum Gasteiger partial charge on any atom is -0.493 e. The summed E-state index contributed by atoms with van der Waals surface area (Å²) in [4.78, 5) is 0. The predicted molar refractivity (Wildman–Crippen MR) is 27.1 cm³/mol. The third kappa shape index (κ3) is 1.48. The van der Waals surface area contributed by atoms with Crippen LogP contribution < -0.4 is 5.32 Å². The lowest BCUT2D eigenvalue weighted by molar-refractivity contribution is 0.329. The molecular weight excluding hydrogens is 90.1 g/mol. The molecule has 2 heteroatoms. The lowest BCUT2D eigenvalue weighted by Gasteiger charge is -1.90. The molecule has 0 saturated heterocycles. The highest BCUT2D eigenvalue weighted by Crippen LogP contribution is 1.91. The van der Waals surface area contributed by atoms with Crippen molar-refractivity contribution >= 4 is 0 Å². The first-order valence-corrected chi connectivity index (χ1v) is 2.36. The summed E-state index contributed by atoms with van der Waals surface area (Å²) >= 11 is 0. The largest absolute Gasteiger partial charge is 0.493 e. The Morgan fingerprint density at radius 3 is 3.57 bits per heavy atom. The predicted octanol–water partition coefficient (Wildman–Crippen LogP) is 0.629. The Kier molecular flexibility index (Phi) is 1.61. The van der Waals surface area contributed by atoms with E-state index in [1.807, 2.05) is 0 Å². The van der Waals surface area contributed by atoms with Crippen molar-refractivity contribution in [1.82, 2.24) is 5.32 Å². The molecule has 0 atom stereocenters. The summed E-state index contributed by atoms with van der Waals surface area (Å²) in [6.07, 6.45) is 4.41. The summed E-state index contributed by atoms with van der Waals surface area (Å²) in [5.41, 5.74) is 0. The Morgan fingerprint density at radius 1 is 1.57 bits per heavy atom. The average molecular weight is 98.1 g/mol. The van der Waals surface area contributed by atoms with Gasteiger partial charge in [0.25, 0.3) is 0 Å². The molecule has 7 heavy (non-hydrogen) atoms. The molecule has 0 saturated carbocycles. The van der Waals surface area contributed by atoms with Crippen molar-refractivity contribution in [2.45, 2.75) is 6.42 Å². The Bertz CT molecular complexity index is 62.5. The summed E-state index contributed by atoms with van der Waals surface area (Å²) in [5.74, 6) is 0. The molecule has 1 rings (SSSR count). The number of ether oxygens (including phenoxy) is 1. The molecule has 0 amide bonds. The molecule has 1 N–H and O–H groups in total. The monoisotopic (exact) mass is 98.1 g/mol. The highest BCUT2D eigenvalue weighted by Gasteiger charge is 1.87. The van der Waals surface area contributed by atoms with Gasteiger partial charge in [-0.15, -0.1) is 0 Å². The van der Waals surface area contributed by atoms with Crippen LogP contribution in [0.2, 0.25) is 0 Å². The highest BCUT2D eigenvalue weighted by atomic mass is 16.5. The van der Waals surface area contributed by atoms with Gasteiger partial charge in [-0.25, -0.2) is 0 Å². The van der Waals surface area contributed by atoms with Crippen LogP contribution >= 0.6 is 0 Å². The third-order valence-corrected chi connectivity index (χ3v) is 0.767. The fourth-order valence-electron chi connectivity index (χ4n) is 0.437. The standard InChI is InChI=1S/C5H8NO/c1-2-6-3-5-7-4-1/h3-6H,1-2H2. The summed E-state index contributed by atoms with van der Waals surface area (Å²) < 4.78 is 4.83. The van der Waals surface area contributed by atoms with Gasteiger partial charge in [-0.3, -0.25) is 0 Å². The summed E-state index contributed by atoms with van der Waals surface area (Å²) in [6.45, 7) is 2.76. The van der Waals surface area contributed by atoms with Crippen molar-refractivity contribution in [3.05, 3.63) is 19.1 Å². The van der Waals surface area contributed by atoms with Gasteiger partial charge >= 0.3 is 0 Å².